The van der Waals surface area contributed by atoms with E-state index in [9.17, 15) is 14.7 Å². The van der Waals surface area contributed by atoms with E-state index >= 15 is 0 Å². The highest BCUT2D eigenvalue weighted by atomic mass is 16.5. The van der Waals surface area contributed by atoms with Crippen LogP contribution in [-0.4, -0.2) is 72.6 Å². The normalized spacial score (nSPS) is 21.2. The molecule has 2 heterocycles. The Balaban J connectivity index is 1.71. The Morgan fingerprint density at radius 1 is 1.06 bits per heavy atom. The Kier molecular flexibility index (Phi) is 6.87. The highest BCUT2D eigenvalue weighted by Crippen LogP contribution is 2.39. The fourth-order valence-electron chi connectivity index (χ4n) is 4.22. The van der Waals surface area contributed by atoms with Gasteiger partial charge < -0.3 is 19.5 Å². The van der Waals surface area contributed by atoms with Crippen molar-refractivity contribution in [3.8, 4) is 5.75 Å². The second-order valence-corrected chi connectivity index (χ2v) is 7.82. The zero-order chi connectivity index (χ0) is 22.5. The molecule has 4 rings (SSSR count). The van der Waals surface area contributed by atoms with Crippen molar-refractivity contribution in [3.63, 3.8) is 0 Å². The summed E-state index contributed by atoms with van der Waals surface area (Å²) in [5.41, 5.74) is 1.34. The third kappa shape index (κ3) is 4.54. The third-order valence-corrected chi connectivity index (χ3v) is 5.83. The summed E-state index contributed by atoms with van der Waals surface area (Å²) in [5.74, 6) is -0.850. The molecule has 0 aromatic heterocycles. The number of nitrogens with zero attached hydrogens (tertiary/aromatic N) is 2. The number of ketones is 1. The highest BCUT2D eigenvalue weighted by molar-refractivity contribution is 6.46. The van der Waals surface area contributed by atoms with Gasteiger partial charge in [-0.2, -0.15) is 0 Å². The first kappa shape index (κ1) is 22.0. The molecule has 0 aliphatic carbocycles. The number of benzene rings is 2. The van der Waals surface area contributed by atoms with Crippen molar-refractivity contribution >= 4 is 17.4 Å². The minimum atomic E-state index is -0.667. The van der Waals surface area contributed by atoms with Crippen molar-refractivity contribution in [2.45, 2.75) is 13.0 Å². The van der Waals surface area contributed by atoms with Crippen LogP contribution in [-0.2, 0) is 14.3 Å². The molecule has 0 spiro atoms. The molecule has 2 aliphatic rings. The Bertz CT molecular complexity index is 998. The number of carbonyl (C=O) groups excluding carboxylic acids is 2. The molecule has 7 nitrogen and oxygen atoms in total. The van der Waals surface area contributed by atoms with Crippen LogP contribution in [0, 0.1) is 0 Å². The molecule has 2 aromatic carbocycles. The van der Waals surface area contributed by atoms with E-state index < -0.39 is 17.7 Å². The monoisotopic (exact) mass is 436 g/mol. The van der Waals surface area contributed by atoms with Crippen molar-refractivity contribution in [2.75, 3.05) is 46.0 Å². The molecular weight excluding hydrogens is 408 g/mol. The standard InChI is InChI=1S/C25H28N2O5/c1-2-32-20-10-6-9-19(17-20)23(28)21-22(18-7-4-3-5-8-18)27(25(30)24(21)29)12-11-26-13-15-31-16-14-26/h3-10,17,22,28H,2,11-16H2,1H3/b23-21+. The smallest absolute Gasteiger partial charge is 0.295 e. The molecule has 0 bridgehead atoms. The van der Waals surface area contributed by atoms with Gasteiger partial charge in [0, 0.05) is 31.7 Å². The number of aliphatic hydroxyl groups is 1. The van der Waals surface area contributed by atoms with Crippen molar-refractivity contribution in [3.05, 3.63) is 71.3 Å². The molecule has 2 saturated heterocycles. The van der Waals surface area contributed by atoms with Crippen LogP contribution in [0.3, 0.4) is 0 Å². The number of rotatable bonds is 7. The second-order valence-electron chi connectivity index (χ2n) is 7.82. The molecule has 7 heteroatoms. The maximum atomic E-state index is 13.1. The van der Waals surface area contributed by atoms with Crippen molar-refractivity contribution in [1.82, 2.24) is 9.80 Å². The number of Topliss-reactive ketones (excluding diaryl/α,β-unsaturated/α-hetero) is 1. The van der Waals surface area contributed by atoms with Crippen LogP contribution in [0.2, 0.25) is 0 Å². The van der Waals surface area contributed by atoms with E-state index in [1.807, 2.05) is 37.3 Å². The molecule has 0 saturated carbocycles. The van der Waals surface area contributed by atoms with Crippen LogP contribution in [0.25, 0.3) is 5.76 Å². The number of carbonyl (C=O) groups is 2. The van der Waals surface area contributed by atoms with Crippen LogP contribution >= 0.6 is 0 Å². The van der Waals surface area contributed by atoms with Gasteiger partial charge in [0.15, 0.2) is 0 Å². The average molecular weight is 437 g/mol. The van der Waals surface area contributed by atoms with E-state index in [2.05, 4.69) is 4.90 Å². The maximum absolute atomic E-state index is 13.1. The summed E-state index contributed by atoms with van der Waals surface area (Å²) < 4.78 is 10.9. The van der Waals surface area contributed by atoms with E-state index in [4.69, 9.17) is 9.47 Å². The maximum Gasteiger partial charge on any atom is 0.295 e. The first-order valence-electron chi connectivity index (χ1n) is 11.0. The predicted octanol–water partition coefficient (Wildman–Crippen LogP) is 2.84. The van der Waals surface area contributed by atoms with Crippen LogP contribution < -0.4 is 4.74 Å². The molecule has 2 fully saturated rings. The average Bonchev–Trinajstić information content (AvgIpc) is 3.09. The van der Waals surface area contributed by atoms with Crippen LogP contribution in [0.5, 0.6) is 5.75 Å². The molecule has 32 heavy (non-hydrogen) atoms. The van der Waals surface area contributed by atoms with Gasteiger partial charge in [0.1, 0.15) is 11.5 Å². The Morgan fingerprint density at radius 2 is 1.81 bits per heavy atom. The summed E-state index contributed by atoms with van der Waals surface area (Å²) in [6, 6.07) is 15.7. The summed E-state index contributed by atoms with van der Waals surface area (Å²) in [4.78, 5) is 29.9. The lowest BCUT2D eigenvalue weighted by atomic mass is 9.95. The number of aliphatic hydroxyl groups excluding tert-OH is 1. The van der Waals surface area contributed by atoms with E-state index in [0.29, 0.717) is 44.2 Å². The number of likely N-dealkylation sites (tertiary alicyclic amines) is 1. The first-order chi connectivity index (χ1) is 15.6. The molecule has 0 radical (unpaired) electrons. The molecule has 1 unspecified atom stereocenters. The number of hydrogen-bond acceptors (Lipinski definition) is 6. The molecule has 2 aromatic rings. The number of hydrogen-bond donors (Lipinski definition) is 1. The van der Waals surface area contributed by atoms with E-state index in [0.717, 1.165) is 18.7 Å². The van der Waals surface area contributed by atoms with E-state index in [-0.39, 0.29) is 11.3 Å². The number of amides is 1. The predicted molar refractivity (Wildman–Crippen MR) is 120 cm³/mol. The summed E-state index contributed by atoms with van der Waals surface area (Å²) in [6.07, 6.45) is 0. The Hall–Kier alpha value is -3.16. The van der Waals surface area contributed by atoms with Crippen LogP contribution in [0.1, 0.15) is 24.1 Å². The van der Waals surface area contributed by atoms with Gasteiger partial charge in [-0.15, -0.1) is 0 Å². The van der Waals surface area contributed by atoms with Gasteiger partial charge >= 0.3 is 0 Å². The zero-order valence-electron chi connectivity index (χ0n) is 18.2. The molecular formula is C25H28N2O5. The van der Waals surface area contributed by atoms with Gasteiger partial charge in [0.2, 0.25) is 0 Å². The van der Waals surface area contributed by atoms with E-state index in [1.165, 1.54) is 0 Å². The van der Waals surface area contributed by atoms with Crippen LogP contribution in [0.15, 0.2) is 60.2 Å². The fourth-order valence-corrected chi connectivity index (χ4v) is 4.22. The van der Waals surface area contributed by atoms with Gasteiger partial charge in [-0.05, 0) is 24.6 Å². The number of morpholine rings is 1. The zero-order valence-corrected chi connectivity index (χ0v) is 18.2. The topological polar surface area (TPSA) is 79.3 Å². The van der Waals surface area contributed by atoms with Gasteiger partial charge in [-0.3, -0.25) is 14.5 Å². The SMILES string of the molecule is CCOc1cccc(/C(O)=C2\C(=O)C(=O)N(CCN3CCOCC3)C2c2ccccc2)c1. The molecule has 2 aliphatic heterocycles. The first-order valence-corrected chi connectivity index (χ1v) is 11.0. The van der Waals surface area contributed by atoms with Crippen molar-refractivity contribution < 1.29 is 24.2 Å². The lowest BCUT2D eigenvalue weighted by Crippen LogP contribution is -2.42. The van der Waals surface area contributed by atoms with Gasteiger partial charge in [0.25, 0.3) is 11.7 Å². The second kappa shape index (κ2) is 9.97. The quantitative estimate of drug-likeness (QED) is 0.409. The lowest BCUT2D eigenvalue weighted by molar-refractivity contribution is -0.140. The third-order valence-electron chi connectivity index (χ3n) is 5.83. The molecule has 1 amide bonds. The largest absolute Gasteiger partial charge is 0.507 e. The highest BCUT2D eigenvalue weighted by Gasteiger charge is 2.46. The number of ether oxygens (including phenoxy) is 2. The molecule has 1 atom stereocenters. The summed E-state index contributed by atoms with van der Waals surface area (Å²) in [5, 5.41) is 11.2. The Morgan fingerprint density at radius 3 is 2.53 bits per heavy atom. The Labute approximate surface area is 187 Å². The van der Waals surface area contributed by atoms with Crippen molar-refractivity contribution in [1.29, 1.82) is 0 Å². The van der Waals surface area contributed by atoms with Crippen LogP contribution in [0.4, 0.5) is 0 Å². The van der Waals surface area contributed by atoms with Gasteiger partial charge in [-0.25, -0.2) is 0 Å². The molecule has 1 N–H and O–H groups in total. The van der Waals surface area contributed by atoms with Crippen molar-refractivity contribution in [2.24, 2.45) is 0 Å². The van der Waals surface area contributed by atoms with E-state index in [1.54, 1.807) is 29.2 Å². The summed E-state index contributed by atoms with van der Waals surface area (Å²) in [7, 11) is 0. The van der Waals surface area contributed by atoms with Gasteiger partial charge in [-0.1, -0.05) is 42.5 Å². The fraction of sp³-hybridized carbons (Fsp3) is 0.360. The minimum absolute atomic E-state index is 0.108. The summed E-state index contributed by atoms with van der Waals surface area (Å²) >= 11 is 0. The minimum Gasteiger partial charge on any atom is -0.507 e. The summed E-state index contributed by atoms with van der Waals surface area (Å²) in [6.45, 7) is 6.31. The lowest BCUT2D eigenvalue weighted by Gasteiger charge is -2.31. The molecule has 168 valence electrons. The van der Waals surface area contributed by atoms with Gasteiger partial charge in [0.05, 0.1) is 31.4 Å².